The average molecular weight is 474 g/mol. The Kier molecular flexibility index (Phi) is 5.56. The number of nitrogens with one attached hydrogen (secondary N) is 1. The zero-order valence-corrected chi connectivity index (χ0v) is 16.1. The Balaban J connectivity index is 1.77. The van der Waals surface area contributed by atoms with Crippen molar-refractivity contribution in [2.75, 3.05) is 20.1 Å². The summed E-state index contributed by atoms with van der Waals surface area (Å²) in [6, 6.07) is -0.281. The minimum absolute atomic E-state index is 0.222. The van der Waals surface area contributed by atoms with E-state index in [0.717, 1.165) is 17.1 Å². The summed E-state index contributed by atoms with van der Waals surface area (Å²) in [6.07, 6.45) is -0.981. The second-order valence-electron chi connectivity index (χ2n) is 6.48. The predicted molar refractivity (Wildman–Crippen MR) is 97.5 cm³/mol. The topological polar surface area (TPSA) is 15.3 Å². The van der Waals surface area contributed by atoms with Crippen molar-refractivity contribution in [2.24, 2.45) is 5.92 Å². The number of hydrogen-bond donors (Lipinski definition) is 1. The molecule has 134 valence electrons. The van der Waals surface area contributed by atoms with Gasteiger partial charge in [0.05, 0.1) is 15.4 Å². The van der Waals surface area contributed by atoms with Crippen LogP contribution in [0.4, 0.5) is 17.6 Å². The van der Waals surface area contributed by atoms with Gasteiger partial charge in [-0.3, -0.25) is 0 Å². The summed E-state index contributed by atoms with van der Waals surface area (Å²) in [5.74, 6) is -0.222. The molecule has 0 aromatic rings. The van der Waals surface area contributed by atoms with Crippen molar-refractivity contribution in [3.05, 3.63) is 31.2 Å². The maximum atomic E-state index is 14.3. The summed E-state index contributed by atoms with van der Waals surface area (Å²) >= 11 is 3.39. The first kappa shape index (κ1) is 18.6. The molecule has 0 radical (unpaired) electrons. The SMILES string of the molecule is CN1CCC(NC2=C3SC(I)=C(CC(F)(F)F)C3CC=C2)[C@@H](F)C1. The third-order valence-corrected chi connectivity index (χ3v) is 7.11. The van der Waals surface area contributed by atoms with Crippen LogP contribution in [0.2, 0.25) is 0 Å². The monoisotopic (exact) mass is 474 g/mol. The first-order chi connectivity index (χ1) is 11.2. The summed E-state index contributed by atoms with van der Waals surface area (Å²) in [6.45, 7) is 1.20. The van der Waals surface area contributed by atoms with E-state index in [4.69, 9.17) is 0 Å². The number of hydrogen-bond acceptors (Lipinski definition) is 3. The van der Waals surface area contributed by atoms with Gasteiger partial charge in [-0.05, 0) is 54.1 Å². The van der Waals surface area contributed by atoms with Gasteiger partial charge in [-0.2, -0.15) is 13.2 Å². The second-order valence-corrected chi connectivity index (χ2v) is 9.34. The zero-order valence-electron chi connectivity index (χ0n) is 13.2. The fraction of sp³-hybridized carbons (Fsp3) is 0.625. The normalized spacial score (nSPS) is 31.7. The number of piperidine rings is 1. The highest BCUT2D eigenvalue weighted by molar-refractivity contribution is 14.1. The molecule has 2 aliphatic heterocycles. The standard InChI is InChI=1S/C16H19F4IN2S/c1-23-6-5-12(11(17)8-23)22-13-4-2-3-9-10(7-16(18,19)20)15(21)24-14(9)13/h2,4,9,11-12,22H,3,5-8H2,1H3/t9?,11-,12?/m0/s1. The van der Waals surface area contributed by atoms with Crippen LogP contribution in [0.25, 0.3) is 0 Å². The Hall–Kier alpha value is -0.220. The van der Waals surface area contributed by atoms with Gasteiger partial charge >= 0.3 is 6.18 Å². The molecule has 3 atom stereocenters. The molecule has 0 spiro atoms. The van der Waals surface area contributed by atoms with Crippen molar-refractivity contribution < 1.29 is 17.6 Å². The van der Waals surface area contributed by atoms with Crippen LogP contribution >= 0.6 is 34.4 Å². The molecule has 2 heterocycles. The summed E-state index contributed by atoms with van der Waals surface area (Å²) in [5.41, 5.74) is 1.24. The number of fused-ring (bicyclic) bond motifs is 1. The molecule has 1 saturated heterocycles. The highest BCUT2D eigenvalue weighted by Crippen LogP contribution is 2.54. The lowest BCUT2D eigenvalue weighted by Gasteiger charge is -2.34. The first-order valence-electron chi connectivity index (χ1n) is 7.87. The van der Waals surface area contributed by atoms with E-state index in [9.17, 15) is 17.6 Å². The number of rotatable bonds is 3. The van der Waals surface area contributed by atoms with Crippen LogP contribution in [0, 0.1) is 5.92 Å². The molecule has 1 N–H and O–H groups in total. The van der Waals surface area contributed by atoms with Crippen molar-refractivity contribution in [1.29, 1.82) is 0 Å². The van der Waals surface area contributed by atoms with E-state index in [1.54, 1.807) is 0 Å². The molecule has 24 heavy (non-hydrogen) atoms. The molecule has 1 fully saturated rings. The van der Waals surface area contributed by atoms with E-state index in [1.807, 2.05) is 46.7 Å². The highest BCUT2D eigenvalue weighted by atomic mass is 127. The van der Waals surface area contributed by atoms with Gasteiger partial charge in [0.2, 0.25) is 0 Å². The van der Waals surface area contributed by atoms with Crippen LogP contribution in [-0.4, -0.2) is 43.4 Å². The molecule has 0 amide bonds. The molecule has 2 nitrogen and oxygen atoms in total. The van der Waals surface area contributed by atoms with E-state index in [0.29, 0.717) is 27.9 Å². The predicted octanol–water partition coefficient (Wildman–Crippen LogP) is 4.75. The number of thioether (sulfide) groups is 1. The van der Waals surface area contributed by atoms with E-state index in [-0.39, 0.29) is 12.0 Å². The minimum atomic E-state index is -4.20. The van der Waals surface area contributed by atoms with Gasteiger partial charge < -0.3 is 10.2 Å². The van der Waals surface area contributed by atoms with Crippen LogP contribution in [0.1, 0.15) is 19.3 Å². The van der Waals surface area contributed by atoms with Crippen LogP contribution in [0.5, 0.6) is 0 Å². The van der Waals surface area contributed by atoms with Crippen molar-refractivity contribution in [2.45, 2.75) is 37.7 Å². The molecule has 3 rings (SSSR count). The van der Waals surface area contributed by atoms with E-state index < -0.39 is 18.8 Å². The minimum Gasteiger partial charge on any atom is -0.379 e. The van der Waals surface area contributed by atoms with Gasteiger partial charge in [-0.1, -0.05) is 17.8 Å². The van der Waals surface area contributed by atoms with Crippen molar-refractivity contribution >= 4 is 34.4 Å². The average Bonchev–Trinajstić information content (AvgIpc) is 2.78. The Morgan fingerprint density at radius 3 is 2.83 bits per heavy atom. The number of nitrogens with zero attached hydrogens (tertiary/aromatic N) is 1. The maximum absolute atomic E-state index is 14.3. The van der Waals surface area contributed by atoms with Crippen LogP contribution in [0.3, 0.4) is 0 Å². The van der Waals surface area contributed by atoms with Gasteiger partial charge in [-0.15, -0.1) is 0 Å². The number of alkyl halides is 4. The maximum Gasteiger partial charge on any atom is 0.392 e. The van der Waals surface area contributed by atoms with Gasteiger partial charge in [0.15, 0.2) is 0 Å². The summed E-state index contributed by atoms with van der Waals surface area (Å²) in [5, 5.41) is 3.26. The van der Waals surface area contributed by atoms with Gasteiger partial charge in [-0.25, -0.2) is 4.39 Å². The quantitative estimate of drug-likeness (QED) is 0.470. The van der Waals surface area contributed by atoms with Crippen LogP contribution < -0.4 is 5.32 Å². The molecular weight excluding hydrogens is 455 g/mol. The molecule has 8 heteroatoms. The van der Waals surface area contributed by atoms with Crippen molar-refractivity contribution in [1.82, 2.24) is 10.2 Å². The molecule has 0 aromatic carbocycles. The van der Waals surface area contributed by atoms with Crippen LogP contribution in [0.15, 0.2) is 31.2 Å². The van der Waals surface area contributed by atoms with Crippen LogP contribution in [-0.2, 0) is 0 Å². The number of allylic oxidation sites excluding steroid dienone is 4. The van der Waals surface area contributed by atoms with Gasteiger partial charge in [0.25, 0.3) is 0 Å². The molecule has 1 aliphatic carbocycles. The van der Waals surface area contributed by atoms with Gasteiger partial charge in [0.1, 0.15) is 6.17 Å². The lowest BCUT2D eigenvalue weighted by Crippen LogP contribution is -2.49. The molecule has 3 aliphatic rings. The third kappa shape index (κ3) is 4.12. The summed E-state index contributed by atoms with van der Waals surface area (Å²) < 4.78 is 53.5. The highest BCUT2D eigenvalue weighted by Gasteiger charge is 2.40. The summed E-state index contributed by atoms with van der Waals surface area (Å²) in [7, 11) is 1.89. The third-order valence-electron chi connectivity index (χ3n) is 4.59. The fourth-order valence-corrected chi connectivity index (χ4v) is 5.81. The Morgan fingerprint density at radius 1 is 1.42 bits per heavy atom. The number of likely N-dealkylation sites (tertiary alicyclic amines) is 1. The zero-order chi connectivity index (χ0) is 17.5. The molecular formula is C16H19F4IN2S. The Morgan fingerprint density at radius 2 is 2.17 bits per heavy atom. The molecule has 2 unspecified atom stereocenters. The van der Waals surface area contributed by atoms with Crippen molar-refractivity contribution in [3.8, 4) is 0 Å². The Bertz CT molecular complexity index is 599. The molecule has 0 saturated carbocycles. The first-order valence-corrected chi connectivity index (χ1v) is 9.77. The lowest BCUT2D eigenvalue weighted by molar-refractivity contribution is -0.128. The summed E-state index contributed by atoms with van der Waals surface area (Å²) in [4.78, 5) is 2.86. The molecule has 0 bridgehead atoms. The lowest BCUT2D eigenvalue weighted by atomic mass is 9.89. The second kappa shape index (κ2) is 7.19. The Labute approximate surface area is 156 Å². The smallest absolute Gasteiger partial charge is 0.379 e. The van der Waals surface area contributed by atoms with E-state index in [2.05, 4.69) is 5.32 Å². The van der Waals surface area contributed by atoms with Gasteiger partial charge in [0, 0.05) is 29.6 Å². The number of halogens is 5. The molecule has 0 aromatic heterocycles. The largest absolute Gasteiger partial charge is 0.392 e. The van der Waals surface area contributed by atoms with Crippen molar-refractivity contribution in [3.63, 3.8) is 0 Å². The fourth-order valence-electron chi connectivity index (χ4n) is 3.37. The van der Waals surface area contributed by atoms with E-state index >= 15 is 0 Å². The van der Waals surface area contributed by atoms with E-state index in [1.165, 1.54) is 11.8 Å².